The summed E-state index contributed by atoms with van der Waals surface area (Å²) >= 11 is 0. The highest BCUT2D eigenvalue weighted by molar-refractivity contribution is 5.96. The highest BCUT2D eigenvalue weighted by Crippen LogP contribution is 2.17. The van der Waals surface area contributed by atoms with Crippen molar-refractivity contribution in [3.63, 3.8) is 0 Å². The highest BCUT2D eigenvalue weighted by atomic mass is 16.5. The van der Waals surface area contributed by atoms with Gasteiger partial charge in [-0.15, -0.1) is 13.2 Å². The summed E-state index contributed by atoms with van der Waals surface area (Å²) in [5.74, 6) is 0.725. The predicted molar refractivity (Wildman–Crippen MR) is 127 cm³/mol. The predicted octanol–water partition coefficient (Wildman–Crippen LogP) is 4.02. The minimum Gasteiger partial charge on any atom is -0.492 e. The van der Waals surface area contributed by atoms with Crippen molar-refractivity contribution in [1.29, 1.82) is 0 Å². The van der Waals surface area contributed by atoms with Crippen LogP contribution in [0.3, 0.4) is 0 Å². The van der Waals surface area contributed by atoms with Crippen LogP contribution in [0.4, 0.5) is 0 Å². The molecule has 0 aliphatic carbocycles. The van der Waals surface area contributed by atoms with Crippen LogP contribution in [0.1, 0.15) is 35.4 Å². The van der Waals surface area contributed by atoms with E-state index in [1.165, 1.54) is 0 Å². The Morgan fingerprint density at radius 2 is 1.84 bits per heavy atom. The third kappa shape index (κ3) is 8.50. The van der Waals surface area contributed by atoms with E-state index in [-0.39, 0.29) is 11.8 Å². The number of aliphatic hydroxyl groups is 1. The first-order valence-corrected chi connectivity index (χ1v) is 10.7. The molecule has 166 valence electrons. The molecule has 5 nitrogen and oxygen atoms in total. The molecule has 0 aliphatic heterocycles. The van der Waals surface area contributed by atoms with E-state index in [9.17, 15) is 9.90 Å². The summed E-state index contributed by atoms with van der Waals surface area (Å²) in [7, 11) is 0. The zero-order chi connectivity index (χ0) is 22.5. The first kappa shape index (κ1) is 24.5. The van der Waals surface area contributed by atoms with Crippen LogP contribution in [0.15, 0.2) is 79.9 Å². The van der Waals surface area contributed by atoms with Crippen molar-refractivity contribution in [2.24, 2.45) is 0 Å². The van der Waals surface area contributed by atoms with E-state index in [1.807, 2.05) is 61.5 Å². The SMILES string of the molecule is C=CCN(CC=C)CCOc1cccc(C(=O)CCNC(C)C(O)c2ccccc2)c1. The molecule has 0 amide bonds. The average molecular weight is 423 g/mol. The maximum atomic E-state index is 12.6. The van der Waals surface area contributed by atoms with Crippen molar-refractivity contribution in [1.82, 2.24) is 10.2 Å². The summed E-state index contributed by atoms with van der Waals surface area (Å²) in [4.78, 5) is 14.8. The van der Waals surface area contributed by atoms with Gasteiger partial charge in [0.1, 0.15) is 12.4 Å². The van der Waals surface area contributed by atoms with Gasteiger partial charge in [0.05, 0.1) is 6.10 Å². The molecule has 5 heteroatoms. The number of nitrogens with zero attached hydrogens (tertiary/aromatic N) is 1. The van der Waals surface area contributed by atoms with E-state index in [0.717, 1.165) is 25.2 Å². The molecule has 0 bridgehead atoms. The molecule has 0 aliphatic rings. The van der Waals surface area contributed by atoms with Crippen LogP contribution < -0.4 is 10.1 Å². The molecule has 31 heavy (non-hydrogen) atoms. The number of hydrogen-bond donors (Lipinski definition) is 2. The summed E-state index contributed by atoms with van der Waals surface area (Å²) in [6.07, 6.45) is 3.45. The standard InChI is InChI=1S/C26H34N2O3/c1-4-16-28(17-5-2)18-19-31-24-13-9-12-23(20-24)25(29)14-15-27-21(3)26(30)22-10-7-6-8-11-22/h4-13,20-21,26-27,30H,1-2,14-19H2,3H3. The normalized spacial score (nSPS) is 12.9. The van der Waals surface area contributed by atoms with Crippen molar-refractivity contribution in [3.05, 3.63) is 91.0 Å². The smallest absolute Gasteiger partial charge is 0.164 e. The molecule has 0 heterocycles. The zero-order valence-electron chi connectivity index (χ0n) is 18.4. The summed E-state index contributed by atoms with van der Waals surface area (Å²) in [5.41, 5.74) is 1.49. The Balaban J connectivity index is 1.79. The van der Waals surface area contributed by atoms with E-state index in [2.05, 4.69) is 23.4 Å². The van der Waals surface area contributed by atoms with Gasteiger partial charge in [0.2, 0.25) is 0 Å². The van der Waals surface area contributed by atoms with Gasteiger partial charge >= 0.3 is 0 Å². The molecular weight excluding hydrogens is 388 g/mol. The second-order valence-electron chi connectivity index (χ2n) is 7.48. The molecule has 2 aromatic rings. The molecular formula is C26H34N2O3. The molecule has 2 rings (SSSR count). The van der Waals surface area contributed by atoms with E-state index >= 15 is 0 Å². The van der Waals surface area contributed by atoms with E-state index < -0.39 is 6.10 Å². The van der Waals surface area contributed by atoms with Crippen LogP contribution in [-0.4, -0.2) is 54.6 Å². The number of rotatable bonds is 15. The van der Waals surface area contributed by atoms with Crippen LogP contribution in [-0.2, 0) is 0 Å². The molecule has 0 saturated heterocycles. The largest absolute Gasteiger partial charge is 0.492 e. The third-order valence-electron chi connectivity index (χ3n) is 5.04. The van der Waals surface area contributed by atoms with Crippen molar-refractivity contribution in [2.75, 3.05) is 32.8 Å². The molecule has 0 saturated carbocycles. The topological polar surface area (TPSA) is 61.8 Å². The molecule has 0 spiro atoms. The fraction of sp³-hybridized carbons (Fsp3) is 0.346. The quantitative estimate of drug-likeness (QED) is 0.335. The molecule has 2 atom stereocenters. The number of benzene rings is 2. The Hall–Kier alpha value is -2.73. The Kier molecular flexibility index (Phi) is 10.7. The van der Waals surface area contributed by atoms with Crippen LogP contribution in [0, 0.1) is 0 Å². The minimum atomic E-state index is -0.616. The van der Waals surface area contributed by atoms with Crippen molar-refractivity contribution in [3.8, 4) is 5.75 Å². The van der Waals surface area contributed by atoms with Gasteiger partial charge in [0.25, 0.3) is 0 Å². The number of hydrogen-bond acceptors (Lipinski definition) is 5. The first-order chi connectivity index (χ1) is 15.0. The second-order valence-corrected chi connectivity index (χ2v) is 7.48. The number of ether oxygens (including phenoxy) is 1. The Bertz CT molecular complexity index is 812. The lowest BCUT2D eigenvalue weighted by Gasteiger charge is -2.20. The van der Waals surface area contributed by atoms with Gasteiger partial charge in [-0.2, -0.15) is 0 Å². The van der Waals surface area contributed by atoms with E-state index in [0.29, 0.717) is 30.9 Å². The fourth-order valence-electron chi connectivity index (χ4n) is 3.28. The fourth-order valence-corrected chi connectivity index (χ4v) is 3.28. The average Bonchev–Trinajstić information content (AvgIpc) is 2.79. The van der Waals surface area contributed by atoms with Gasteiger partial charge in [0.15, 0.2) is 5.78 Å². The van der Waals surface area contributed by atoms with Gasteiger partial charge in [0, 0.05) is 44.2 Å². The van der Waals surface area contributed by atoms with Gasteiger partial charge < -0.3 is 15.2 Å². The van der Waals surface area contributed by atoms with Crippen molar-refractivity contribution < 1.29 is 14.6 Å². The lowest BCUT2D eigenvalue weighted by atomic mass is 10.0. The second kappa shape index (κ2) is 13.5. The number of aliphatic hydroxyl groups excluding tert-OH is 1. The van der Waals surface area contributed by atoms with Crippen LogP contribution >= 0.6 is 0 Å². The number of Topliss-reactive ketones (excluding diaryl/α,β-unsaturated/α-hetero) is 1. The molecule has 2 unspecified atom stereocenters. The number of nitrogens with one attached hydrogen (secondary N) is 1. The maximum Gasteiger partial charge on any atom is 0.164 e. The zero-order valence-corrected chi connectivity index (χ0v) is 18.4. The molecule has 0 fully saturated rings. The summed E-state index contributed by atoms with van der Waals surface area (Å²) in [6.45, 7) is 12.8. The van der Waals surface area contributed by atoms with E-state index in [4.69, 9.17) is 4.74 Å². The van der Waals surface area contributed by atoms with E-state index in [1.54, 1.807) is 12.1 Å². The third-order valence-corrected chi connectivity index (χ3v) is 5.04. The lowest BCUT2D eigenvalue weighted by Crippen LogP contribution is -2.33. The Labute approximate surface area is 186 Å². The van der Waals surface area contributed by atoms with Crippen molar-refractivity contribution >= 4 is 5.78 Å². The lowest BCUT2D eigenvalue weighted by molar-refractivity contribution is 0.0971. The summed E-state index contributed by atoms with van der Waals surface area (Å²) < 4.78 is 5.83. The number of carbonyl (C=O) groups is 1. The number of carbonyl (C=O) groups excluding carboxylic acids is 1. The van der Waals surface area contributed by atoms with Gasteiger partial charge in [-0.1, -0.05) is 54.6 Å². The molecule has 2 aromatic carbocycles. The van der Waals surface area contributed by atoms with Crippen LogP contribution in [0.25, 0.3) is 0 Å². The van der Waals surface area contributed by atoms with Crippen LogP contribution in [0.2, 0.25) is 0 Å². The Morgan fingerprint density at radius 1 is 1.13 bits per heavy atom. The first-order valence-electron chi connectivity index (χ1n) is 10.7. The van der Waals surface area contributed by atoms with Gasteiger partial charge in [-0.05, 0) is 24.6 Å². The molecule has 2 N–H and O–H groups in total. The number of ketones is 1. The summed E-state index contributed by atoms with van der Waals surface area (Å²) in [6, 6.07) is 16.7. The molecule has 0 aromatic heterocycles. The minimum absolute atomic E-state index is 0.0410. The monoisotopic (exact) mass is 422 g/mol. The van der Waals surface area contributed by atoms with Crippen LogP contribution in [0.5, 0.6) is 5.75 Å². The summed E-state index contributed by atoms with van der Waals surface area (Å²) in [5, 5.41) is 13.7. The highest BCUT2D eigenvalue weighted by Gasteiger charge is 2.16. The van der Waals surface area contributed by atoms with Gasteiger partial charge in [-0.25, -0.2) is 0 Å². The van der Waals surface area contributed by atoms with Gasteiger partial charge in [-0.3, -0.25) is 9.69 Å². The molecule has 0 radical (unpaired) electrons. The Morgan fingerprint density at radius 3 is 2.52 bits per heavy atom. The maximum absolute atomic E-state index is 12.6. The van der Waals surface area contributed by atoms with Crippen molar-refractivity contribution in [2.45, 2.75) is 25.5 Å².